The quantitative estimate of drug-likeness (QED) is 0.448. The molecule has 0 aliphatic carbocycles. The van der Waals surface area contributed by atoms with E-state index in [1.165, 1.54) is 6.92 Å². The molecule has 3 aromatic rings. The number of anilines is 1. The molecular weight excluding hydrogens is 410 g/mol. The normalized spacial score (nSPS) is 11.9. The van der Waals surface area contributed by atoms with Crippen molar-refractivity contribution in [1.82, 2.24) is 10.2 Å². The zero-order chi connectivity index (χ0) is 21.1. The third kappa shape index (κ3) is 4.23. The number of carbonyl (C=O) groups excluding carboxylic acids is 2. The molecule has 2 aromatic carbocycles. The lowest BCUT2D eigenvalue weighted by atomic mass is 10.1. The summed E-state index contributed by atoms with van der Waals surface area (Å²) >= 11 is 1.09. The van der Waals surface area contributed by atoms with Crippen LogP contribution < -0.4 is 19.5 Å². The van der Waals surface area contributed by atoms with Gasteiger partial charge in [-0.3, -0.25) is 9.59 Å². The molecule has 0 spiro atoms. The second-order valence-electron chi connectivity index (χ2n) is 6.25. The number of ketones is 1. The van der Waals surface area contributed by atoms with Crippen LogP contribution in [-0.2, 0) is 4.79 Å². The predicted octanol–water partition coefficient (Wildman–Crippen LogP) is 3.41. The lowest BCUT2D eigenvalue weighted by molar-refractivity contribution is -0.113. The lowest BCUT2D eigenvalue weighted by Gasteiger charge is -2.10. The van der Waals surface area contributed by atoms with Crippen LogP contribution in [0, 0.1) is 0 Å². The van der Waals surface area contributed by atoms with E-state index < -0.39 is 0 Å². The van der Waals surface area contributed by atoms with Gasteiger partial charge in [-0.05, 0) is 37.3 Å². The highest BCUT2D eigenvalue weighted by Gasteiger charge is 2.21. The fraction of sp³-hybridized carbons (Fsp3) is 0.200. The van der Waals surface area contributed by atoms with E-state index in [1.807, 2.05) is 0 Å². The molecule has 154 valence electrons. The van der Waals surface area contributed by atoms with Crippen LogP contribution in [0.4, 0.5) is 5.69 Å². The van der Waals surface area contributed by atoms with Gasteiger partial charge in [0.25, 0.3) is 5.22 Å². The van der Waals surface area contributed by atoms with E-state index in [1.54, 1.807) is 43.5 Å². The molecule has 1 aliphatic heterocycles. The Morgan fingerprint density at radius 2 is 1.87 bits per heavy atom. The van der Waals surface area contributed by atoms with Crippen molar-refractivity contribution in [2.45, 2.75) is 12.1 Å². The summed E-state index contributed by atoms with van der Waals surface area (Å²) in [6.45, 7) is 1.49. The van der Waals surface area contributed by atoms with Crippen molar-refractivity contribution in [2.75, 3.05) is 25.0 Å². The first kappa shape index (κ1) is 19.8. The number of thioether (sulfide) groups is 1. The van der Waals surface area contributed by atoms with Gasteiger partial charge in [0, 0.05) is 17.2 Å². The van der Waals surface area contributed by atoms with E-state index in [0.29, 0.717) is 28.6 Å². The molecule has 0 atom stereocenters. The zero-order valence-electron chi connectivity index (χ0n) is 16.1. The Labute approximate surface area is 175 Å². The van der Waals surface area contributed by atoms with Crippen LogP contribution in [0.25, 0.3) is 11.5 Å². The van der Waals surface area contributed by atoms with Crippen LogP contribution in [0.1, 0.15) is 17.3 Å². The summed E-state index contributed by atoms with van der Waals surface area (Å²) in [5.41, 5.74) is 1.45. The van der Waals surface area contributed by atoms with Crippen LogP contribution in [0.3, 0.4) is 0 Å². The number of ether oxygens (including phenoxy) is 3. The summed E-state index contributed by atoms with van der Waals surface area (Å²) in [5.74, 6) is 1.51. The van der Waals surface area contributed by atoms with Gasteiger partial charge in [0.1, 0.15) is 5.75 Å². The van der Waals surface area contributed by atoms with Crippen molar-refractivity contribution in [2.24, 2.45) is 0 Å². The number of methoxy groups -OCH3 is 1. The zero-order valence-corrected chi connectivity index (χ0v) is 16.9. The summed E-state index contributed by atoms with van der Waals surface area (Å²) in [5, 5.41) is 10.9. The third-order valence-electron chi connectivity index (χ3n) is 4.24. The topological polar surface area (TPSA) is 113 Å². The molecule has 0 saturated heterocycles. The number of benzene rings is 2. The number of nitrogens with one attached hydrogen (secondary N) is 1. The van der Waals surface area contributed by atoms with Crippen molar-refractivity contribution < 1.29 is 28.2 Å². The van der Waals surface area contributed by atoms with Gasteiger partial charge >= 0.3 is 0 Å². The van der Waals surface area contributed by atoms with Crippen molar-refractivity contribution >= 4 is 29.1 Å². The molecule has 1 aliphatic rings. The summed E-state index contributed by atoms with van der Waals surface area (Å²) in [7, 11) is 1.59. The number of amides is 1. The van der Waals surface area contributed by atoms with Gasteiger partial charge in [-0.25, -0.2) is 0 Å². The molecule has 0 bridgehead atoms. The standard InChI is InChI=1S/C20H17N3O6S/c1-11(24)14-7-16-17(28-10-27-16)8-15(14)21-18(25)9-30-20-23-22-19(29-20)12-3-5-13(26-2)6-4-12/h3-8H,9-10H2,1-2H3,(H,21,25). The van der Waals surface area contributed by atoms with Crippen LogP contribution in [0.5, 0.6) is 17.2 Å². The van der Waals surface area contributed by atoms with Crippen molar-refractivity contribution in [3.63, 3.8) is 0 Å². The minimum absolute atomic E-state index is 0.0238. The van der Waals surface area contributed by atoms with Gasteiger partial charge in [0.05, 0.1) is 18.6 Å². The maximum absolute atomic E-state index is 12.4. The van der Waals surface area contributed by atoms with Crippen LogP contribution >= 0.6 is 11.8 Å². The Bertz CT molecular complexity index is 1100. The number of aromatic nitrogens is 2. The van der Waals surface area contributed by atoms with Gasteiger partial charge in [-0.1, -0.05) is 11.8 Å². The number of hydrogen-bond donors (Lipinski definition) is 1. The Morgan fingerprint density at radius 1 is 1.13 bits per heavy atom. The third-order valence-corrected chi connectivity index (χ3v) is 5.05. The average molecular weight is 427 g/mol. The molecule has 10 heteroatoms. The molecule has 1 N–H and O–H groups in total. The highest BCUT2D eigenvalue weighted by Crippen LogP contribution is 2.37. The first-order valence-corrected chi connectivity index (χ1v) is 9.87. The molecule has 4 rings (SSSR count). The van der Waals surface area contributed by atoms with E-state index in [9.17, 15) is 9.59 Å². The molecule has 1 amide bonds. The second-order valence-corrected chi connectivity index (χ2v) is 7.17. The molecule has 0 saturated carbocycles. The van der Waals surface area contributed by atoms with Crippen LogP contribution in [-0.4, -0.2) is 41.5 Å². The summed E-state index contributed by atoms with van der Waals surface area (Å²) < 4.78 is 21.3. The minimum atomic E-state index is -0.328. The lowest BCUT2D eigenvalue weighted by Crippen LogP contribution is -2.16. The van der Waals surface area contributed by atoms with Gasteiger partial charge < -0.3 is 23.9 Å². The number of Topliss-reactive ketones (excluding diaryl/α,β-unsaturated/α-hetero) is 1. The second kappa shape index (κ2) is 8.46. The molecule has 0 fully saturated rings. The number of rotatable bonds is 7. The highest BCUT2D eigenvalue weighted by molar-refractivity contribution is 7.99. The first-order chi connectivity index (χ1) is 14.5. The molecule has 30 heavy (non-hydrogen) atoms. The molecule has 0 radical (unpaired) electrons. The van der Waals surface area contributed by atoms with Crippen LogP contribution in [0.15, 0.2) is 46.0 Å². The summed E-state index contributed by atoms with van der Waals surface area (Å²) in [4.78, 5) is 24.3. The monoisotopic (exact) mass is 427 g/mol. The fourth-order valence-corrected chi connectivity index (χ4v) is 3.33. The highest BCUT2D eigenvalue weighted by atomic mass is 32.2. The molecule has 2 heterocycles. The molecule has 1 aromatic heterocycles. The van der Waals surface area contributed by atoms with Crippen LogP contribution in [0.2, 0.25) is 0 Å². The maximum atomic E-state index is 12.4. The van der Waals surface area contributed by atoms with Crippen molar-refractivity contribution in [3.8, 4) is 28.7 Å². The largest absolute Gasteiger partial charge is 0.497 e. The number of hydrogen-bond acceptors (Lipinski definition) is 9. The van der Waals surface area contributed by atoms with Gasteiger partial charge in [-0.15, -0.1) is 10.2 Å². The van der Waals surface area contributed by atoms with Crippen molar-refractivity contribution in [3.05, 3.63) is 42.0 Å². The SMILES string of the molecule is COc1ccc(-c2nnc(SCC(=O)Nc3cc4c(cc3C(C)=O)OCO4)o2)cc1. The molecular formula is C20H17N3O6S. The Hall–Kier alpha value is -3.53. The van der Waals surface area contributed by atoms with Gasteiger partial charge in [0.15, 0.2) is 17.3 Å². The van der Waals surface area contributed by atoms with E-state index in [-0.39, 0.29) is 29.5 Å². The number of fused-ring (bicyclic) bond motifs is 1. The summed E-state index contributed by atoms with van der Waals surface area (Å²) in [6.07, 6.45) is 0. The summed E-state index contributed by atoms with van der Waals surface area (Å²) in [6, 6.07) is 10.3. The maximum Gasteiger partial charge on any atom is 0.277 e. The van der Waals surface area contributed by atoms with Crippen molar-refractivity contribution in [1.29, 1.82) is 0 Å². The molecule has 9 nitrogen and oxygen atoms in total. The predicted molar refractivity (Wildman–Crippen MR) is 108 cm³/mol. The molecule has 0 unspecified atom stereocenters. The number of carbonyl (C=O) groups is 2. The fourth-order valence-electron chi connectivity index (χ4n) is 2.77. The van der Waals surface area contributed by atoms with Gasteiger partial charge in [-0.2, -0.15) is 0 Å². The first-order valence-electron chi connectivity index (χ1n) is 8.88. The number of nitrogens with zero attached hydrogens (tertiary/aromatic N) is 2. The Kier molecular flexibility index (Phi) is 5.57. The average Bonchev–Trinajstić information content (AvgIpc) is 3.40. The minimum Gasteiger partial charge on any atom is -0.497 e. The van der Waals surface area contributed by atoms with Gasteiger partial charge in [0.2, 0.25) is 18.6 Å². The van der Waals surface area contributed by atoms with E-state index in [2.05, 4.69) is 15.5 Å². The van der Waals surface area contributed by atoms with E-state index in [0.717, 1.165) is 23.1 Å². The Balaban J connectivity index is 1.40. The Morgan fingerprint density at radius 3 is 2.57 bits per heavy atom. The van der Waals surface area contributed by atoms with E-state index >= 15 is 0 Å². The smallest absolute Gasteiger partial charge is 0.277 e. The van der Waals surface area contributed by atoms with E-state index in [4.69, 9.17) is 18.6 Å².